The smallest absolute Gasteiger partial charge is 0.160 e. The SMILES string of the molecule is NCc1ccc2nnc(Cc3ccco3)n2c1. The van der Waals surface area contributed by atoms with Gasteiger partial charge in [-0.15, -0.1) is 10.2 Å². The summed E-state index contributed by atoms with van der Waals surface area (Å²) in [6.07, 6.45) is 4.25. The van der Waals surface area contributed by atoms with E-state index in [1.54, 1.807) is 6.26 Å². The molecule has 5 nitrogen and oxygen atoms in total. The maximum Gasteiger partial charge on any atom is 0.160 e. The molecule has 3 rings (SSSR count). The summed E-state index contributed by atoms with van der Waals surface area (Å²) in [5.41, 5.74) is 7.50. The molecule has 0 aliphatic rings. The van der Waals surface area contributed by atoms with Gasteiger partial charge in [-0.2, -0.15) is 0 Å². The van der Waals surface area contributed by atoms with E-state index in [2.05, 4.69) is 10.2 Å². The maximum atomic E-state index is 5.62. The highest BCUT2D eigenvalue weighted by atomic mass is 16.3. The minimum Gasteiger partial charge on any atom is -0.469 e. The van der Waals surface area contributed by atoms with Crippen LogP contribution in [0.25, 0.3) is 5.65 Å². The van der Waals surface area contributed by atoms with Crippen molar-refractivity contribution < 1.29 is 4.42 Å². The standard InChI is InChI=1S/C12H12N4O/c13-7-9-3-4-11-14-15-12(16(11)8-9)6-10-2-1-5-17-10/h1-5,8H,6-7,13H2. The molecule has 0 amide bonds. The van der Waals surface area contributed by atoms with E-state index in [1.165, 1.54) is 0 Å². The van der Waals surface area contributed by atoms with Crippen LogP contribution in [0, 0.1) is 0 Å². The second-order valence-corrected chi connectivity index (χ2v) is 3.84. The fourth-order valence-corrected chi connectivity index (χ4v) is 1.79. The lowest BCUT2D eigenvalue weighted by Crippen LogP contribution is -2.01. The molecule has 0 fully saturated rings. The van der Waals surface area contributed by atoms with Crippen molar-refractivity contribution in [2.24, 2.45) is 5.73 Å². The van der Waals surface area contributed by atoms with E-state index in [4.69, 9.17) is 10.2 Å². The van der Waals surface area contributed by atoms with Gasteiger partial charge in [0.1, 0.15) is 11.6 Å². The van der Waals surface area contributed by atoms with Crippen LogP contribution in [0.2, 0.25) is 0 Å². The molecular formula is C12H12N4O. The van der Waals surface area contributed by atoms with Gasteiger partial charge in [0.2, 0.25) is 0 Å². The number of furan rings is 1. The lowest BCUT2D eigenvalue weighted by atomic mass is 10.2. The lowest BCUT2D eigenvalue weighted by molar-refractivity contribution is 0.516. The summed E-state index contributed by atoms with van der Waals surface area (Å²) in [5, 5.41) is 8.26. The Morgan fingerprint density at radius 2 is 2.18 bits per heavy atom. The highest BCUT2D eigenvalue weighted by Crippen LogP contribution is 2.11. The summed E-state index contributed by atoms with van der Waals surface area (Å²) < 4.78 is 7.26. The zero-order chi connectivity index (χ0) is 11.7. The maximum absolute atomic E-state index is 5.62. The van der Waals surface area contributed by atoms with Crippen LogP contribution in [0.15, 0.2) is 41.1 Å². The van der Waals surface area contributed by atoms with Gasteiger partial charge in [-0.25, -0.2) is 0 Å². The van der Waals surface area contributed by atoms with Crippen molar-refractivity contribution in [2.45, 2.75) is 13.0 Å². The minimum atomic E-state index is 0.508. The molecular weight excluding hydrogens is 216 g/mol. The molecule has 3 heterocycles. The molecule has 0 aliphatic heterocycles. The number of hydrogen-bond donors (Lipinski definition) is 1. The third-order valence-corrected chi connectivity index (χ3v) is 2.68. The molecule has 0 aliphatic carbocycles. The first-order chi connectivity index (χ1) is 8.36. The average Bonchev–Trinajstić information content (AvgIpc) is 2.99. The Balaban J connectivity index is 2.04. The predicted molar refractivity (Wildman–Crippen MR) is 62.4 cm³/mol. The summed E-state index contributed by atoms with van der Waals surface area (Å²) in [6, 6.07) is 7.67. The fourth-order valence-electron chi connectivity index (χ4n) is 1.79. The molecule has 3 aromatic rings. The second-order valence-electron chi connectivity index (χ2n) is 3.84. The van der Waals surface area contributed by atoms with Gasteiger partial charge < -0.3 is 10.2 Å². The molecule has 0 atom stereocenters. The third kappa shape index (κ3) is 1.81. The fraction of sp³-hybridized carbons (Fsp3) is 0.167. The molecule has 0 spiro atoms. The monoisotopic (exact) mass is 228 g/mol. The molecule has 0 saturated carbocycles. The zero-order valence-electron chi connectivity index (χ0n) is 9.21. The zero-order valence-corrected chi connectivity index (χ0v) is 9.21. The number of aromatic nitrogens is 3. The van der Waals surface area contributed by atoms with Gasteiger partial charge >= 0.3 is 0 Å². The molecule has 0 aromatic carbocycles. The first kappa shape index (κ1) is 10.0. The first-order valence-corrected chi connectivity index (χ1v) is 5.42. The second kappa shape index (κ2) is 4.03. The van der Waals surface area contributed by atoms with E-state index >= 15 is 0 Å². The first-order valence-electron chi connectivity index (χ1n) is 5.42. The molecule has 17 heavy (non-hydrogen) atoms. The van der Waals surface area contributed by atoms with E-state index in [0.717, 1.165) is 22.8 Å². The number of hydrogen-bond acceptors (Lipinski definition) is 4. The highest BCUT2D eigenvalue weighted by molar-refractivity contribution is 5.39. The topological polar surface area (TPSA) is 69.3 Å². The van der Waals surface area contributed by atoms with Crippen molar-refractivity contribution in [3.05, 3.63) is 53.9 Å². The Labute approximate surface area is 97.9 Å². The molecule has 3 aromatic heterocycles. The van der Waals surface area contributed by atoms with Crippen LogP contribution in [0.4, 0.5) is 0 Å². The van der Waals surface area contributed by atoms with Crippen LogP contribution in [0.5, 0.6) is 0 Å². The average molecular weight is 228 g/mol. The Bertz CT molecular complexity index is 627. The van der Waals surface area contributed by atoms with E-state index in [1.807, 2.05) is 34.9 Å². The highest BCUT2D eigenvalue weighted by Gasteiger charge is 2.08. The van der Waals surface area contributed by atoms with E-state index in [9.17, 15) is 0 Å². The molecule has 2 N–H and O–H groups in total. The summed E-state index contributed by atoms with van der Waals surface area (Å²) >= 11 is 0. The molecule has 86 valence electrons. The van der Waals surface area contributed by atoms with Crippen molar-refractivity contribution in [3.63, 3.8) is 0 Å². The number of fused-ring (bicyclic) bond motifs is 1. The van der Waals surface area contributed by atoms with Gasteiger partial charge in [-0.3, -0.25) is 4.40 Å². The molecule has 0 saturated heterocycles. The van der Waals surface area contributed by atoms with Gasteiger partial charge in [-0.05, 0) is 23.8 Å². The van der Waals surface area contributed by atoms with Crippen molar-refractivity contribution in [1.29, 1.82) is 0 Å². The number of nitrogens with two attached hydrogens (primary N) is 1. The van der Waals surface area contributed by atoms with E-state index in [0.29, 0.717) is 13.0 Å². The quantitative estimate of drug-likeness (QED) is 0.735. The summed E-state index contributed by atoms with van der Waals surface area (Å²) in [5.74, 6) is 1.72. The van der Waals surface area contributed by atoms with Crippen molar-refractivity contribution in [3.8, 4) is 0 Å². The molecule has 0 bridgehead atoms. The molecule has 0 radical (unpaired) electrons. The van der Waals surface area contributed by atoms with Gasteiger partial charge in [-0.1, -0.05) is 6.07 Å². The predicted octanol–water partition coefficient (Wildman–Crippen LogP) is 1.37. The van der Waals surface area contributed by atoms with Gasteiger partial charge in [0.25, 0.3) is 0 Å². The van der Waals surface area contributed by atoms with Crippen LogP contribution >= 0.6 is 0 Å². The molecule has 5 heteroatoms. The van der Waals surface area contributed by atoms with Gasteiger partial charge in [0, 0.05) is 12.7 Å². The lowest BCUT2D eigenvalue weighted by Gasteiger charge is -2.00. The number of nitrogens with zero attached hydrogens (tertiary/aromatic N) is 3. The Hall–Kier alpha value is -2.14. The third-order valence-electron chi connectivity index (χ3n) is 2.68. The van der Waals surface area contributed by atoms with Crippen molar-refractivity contribution >= 4 is 5.65 Å². The normalized spacial score (nSPS) is 11.1. The van der Waals surface area contributed by atoms with Crippen LogP contribution in [0.1, 0.15) is 17.1 Å². The number of pyridine rings is 1. The Morgan fingerprint density at radius 3 is 2.94 bits per heavy atom. The van der Waals surface area contributed by atoms with E-state index in [-0.39, 0.29) is 0 Å². The van der Waals surface area contributed by atoms with E-state index < -0.39 is 0 Å². The van der Waals surface area contributed by atoms with Crippen molar-refractivity contribution in [2.75, 3.05) is 0 Å². The summed E-state index contributed by atoms with van der Waals surface area (Å²) in [7, 11) is 0. The van der Waals surface area contributed by atoms with Crippen LogP contribution in [0.3, 0.4) is 0 Å². The Kier molecular flexibility index (Phi) is 2.38. The summed E-state index contributed by atoms with van der Waals surface area (Å²) in [6.45, 7) is 0.508. The number of rotatable bonds is 3. The van der Waals surface area contributed by atoms with Gasteiger partial charge in [0.05, 0.1) is 12.7 Å². The van der Waals surface area contributed by atoms with Crippen LogP contribution < -0.4 is 5.73 Å². The Morgan fingerprint density at radius 1 is 1.24 bits per heavy atom. The van der Waals surface area contributed by atoms with Crippen LogP contribution in [-0.4, -0.2) is 14.6 Å². The minimum absolute atomic E-state index is 0.508. The van der Waals surface area contributed by atoms with Crippen LogP contribution in [-0.2, 0) is 13.0 Å². The molecule has 0 unspecified atom stereocenters. The van der Waals surface area contributed by atoms with Crippen molar-refractivity contribution in [1.82, 2.24) is 14.6 Å². The summed E-state index contributed by atoms with van der Waals surface area (Å²) in [4.78, 5) is 0. The largest absolute Gasteiger partial charge is 0.469 e. The van der Waals surface area contributed by atoms with Gasteiger partial charge in [0.15, 0.2) is 5.65 Å².